The summed E-state index contributed by atoms with van der Waals surface area (Å²) in [4.78, 5) is 4.40. The van der Waals surface area contributed by atoms with Crippen molar-refractivity contribution in [2.24, 2.45) is 0 Å². The maximum atomic E-state index is 13.0. The first-order valence-corrected chi connectivity index (χ1v) is 7.10. The van der Waals surface area contributed by atoms with E-state index in [-0.39, 0.29) is 11.9 Å². The summed E-state index contributed by atoms with van der Waals surface area (Å²) in [5, 5.41) is 7.71. The highest BCUT2D eigenvalue weighted by Crippen LogP contribution is 2.23. The first kappa shape index (κ1) is 13.5. The van der Waals surface area contributed by atoms with Crippen molar-refractivity contribution < 1.29 is 8.91 Å². The first-order valence-electron chi connectivity index (χ1n) is 6.72. The van der Waals surface area contributed by atoms with Crippen LogP contribution in [-0.4, -0.2) is 16.7 Å². The number of halogens is 2. The fourth-order valence-corrected chi connectivity index (χ4v) is 2.61. The fraction of sp³-hybridized carbons (Fsp3) is 0.429. The maximum Gasteiger partial charge on any atom is 0.243 e. The van der Waals surface area contributed by atoms with E-state index in [0.29, 0.717) is 23.2 Å². The molecular weight excluding hydrogens is 281 g/mol. The van der Waals surface area contributed by atoms with E-state index in [1.54, 1.807) is 6.07 Å². The van der Waals surface area contributed by atoms with Crippen LogP contribution in [0.15, 0.2) is 22.7 Å². The molecule has 1 saturated heterocycles. The van der Waals surface area contributed by atoms with Gasteiger partial charge >= 0.3 is 0 Å². The first-order chi connectivity index (χ1) is 9.72. The van der Waals surface area contributed by atoms with E-state index in [1.165, 1.54) is 25.0 Å². The molecular formula is C14H15ClFN3O. The predicted molar refractivity (Wildman–Crippen MR) is 73.1 cm³/mol. The molecule has 3 rings (SSSR count). The van der Waals surface area contributed by atoms with E-state index in [0.717, 1.165) is 18.5 Å². The number of hydrogen-bond acceptors (Lipinski definition) is 4. The minimum absolute atomic E-state index is 0.147. The van der Waals surface area contributed by atoms with Crippen LogP contribution in [0.1, 0.15) is 42.6 Å². The highest BCUT2D eigenvalue weighted by Gasteiger charge is 2.21. The maximum absolute atomic E-state index is 13.0. The molecule has 2 aromatic rings. The largest absolute Gasteiger partial charge is 0.338 e. The number of hydrogen-bond donors (Lipinski definition) is 1. The molecule has 4 nitrogen and oxygen atoms in total. The Kier molecular flexibility index (Phi) is 3.98. The summed E-state index contributed by atoms with van der Waals surface area (Å²) >= 11 is 6.00. The van der Waals surface area contributed by atoms with Crippen LogP contribution in [0.2, 0.25) is 5.02 Å². The fourth-order valence-electron chi connectivity index (χ4n) is 2.38. The van der Waals surface area contributed by atoms with E-state index in [9.17, 15) is 4.39 Å². The molecule has 106 valence electrons. The Hall–Kier alpha value is -1.46. The van der Waals surface area contributed by atoms with Gasteiger partial charge in [0.1, 0.15) is 5.82 Å². The quantitative estimate of drug-likeness (QED) is 0.944. The van der Waals surface area contributed by atoms with Crippen molar-refractivity contribution in [2.75, 3.05) is 6.54 Å². The van der Waals surface area contributed by atoms with E-state index < -0.39 is 0 Å². The Morgan fingerprint density at radius 2 is 2.30 bits per heavy atom. The molecule has 0 aliphatic carbocycles. The van der Waals surface area contributed by atoms with E-state index >= 15 is 0 Å². The van der Waals surface area contributed by atoms with Gasteiger partial charge in [-0.3, -0.25) is 0 Å². The van der Waals surface area contributed by atoms with Gasteiger partial charge in [-0.05, 0) is 37.1 Å². The summed E-state index contributed by atoms with van der Waals surface area (Å²) in [7, 11) is 0. The van der Waals surface area contributed by atoms with Crippen molar-refractivity contribution in [1.29, 1.82) is 0 Å². The molecule has 1 aromatic carbocycles. The minimum atomic E-state index is -0.348. The van der Waals surface area contributed by atoms with E-state index in [4.69, 9.17) is 16.1 Å². The lowest BCUT2D eigenvalue weighted by Crippen LogP contribution is -2.27. The number of nitrogens with zero attached hydrogens (tertiary/aromatic N) is 2. The molecule has 2 heterocycles. The molecule has 1 fully saturated rings. The van der Waals surface area contributed by atoms with Crippen LogP contribution < -0.4 is 5.32 Å². The van der Waals surface area contributed by atoms with E-state index in [1.807, 2.05) is 0 Å². The lowest BCUT2D eigenvalue weighted by atomic mass is 10.1. The second-order valence-corrected chi connectivity index (χ2v) is 5.37. The molecule has 1 N–H and O–H groups in total. The Morgan fingerprint density at radius 1 is 1.40 bits per heavy atom. The molecule has 1 unspecified atom stereocenters. The second-order valence-electron chi connectivity index (χ2n) is 4.96. The van der Waals surface area contributed by atoms with Gasteiger partial charge in [0, 0.05) is 11.4 Å². The second kappa shape index (κ2) is 5.89. The monoisotopic (exact) mass is 295 g/mol. The Morgan fingerprint density at radius 3 is 3.05 bits per heavy atom. The standard InChI is InChI=1S/C14H15ClFN3O/c15-11-8-10(16)5-4-9(11)7-13-18-14(20-19-13)12-3-1-2-6-17-12/h4-5,8,12,17H,1-3,6-7H2. The van der Waals surface area contributed by atoms with Crippen molar-refractivity contribution >= 4 is 11.6 Å². The van der Waals surface area contributed by atoms with Crippen LogP contribution in [0, 0.1) is 5.82 Å². The number of nitrogens with one attached hydrogen (secondary N) is 1. The van der Waals surface area contributed by atoms with Gasteiger partial charge in [-0.15, -0.1) is 0 Å². The molecule has 0 spiro atoms. The summed E-state index contributed by atoms with van der Waals surface area (Å²) in [5.74, 6) is 0.845. The number of piperidine rings is 1. The summed E-state index contributed by atoms with van der Waals surface area (Å²) in [6.07, 6.45) is 3.80. The predicted octanol–water partition coefficient (Wildman–Crippen LogP) is 3.27. The third-order valence-corrected chi connectivity index (χ3v) is 3.81. The van der Waals surface area contributed by atoms with Crippen molar-refractivity contribution in [2.45, 2.75) is 31.7 Å². The van der Waals surface area contributed by atoms with Crippen LogP contribution >= 0.6 is 11.6 Å². The third-order valence-electron chi connectivity index (χ3n) is 3.46. The van der Waals surface area contributed by atoms with Crippen LogP contribution in [0.4, 0.5) is 4.39 Å². The smallest absolute Gasteiger partial charge is 0.243 e. The topological polar surface area (TPSA) is 51.0 Å². The highest BCUT2D eigenvalue weighted by atomic mass is 35.5. The van der Waals surface area contributed by atoms with Crippen LogP contribution in [0.5, 0.6) is 0 Å². The van der Waals surface area contributed by atoms with Crippen molar-refractivity contribution in [3.63, 3.8) is 0 Å². The summed E-state index contributed by atoms with van der Waals surface area (Å²) < 4.78 is 18.3. The minimum Gasteiger partial charge on any atom is -0.338 e. The summed E-state index contributed by atoms with van der Waals surface area (Å²) in [6, 6.07) is 4.46. The molecule has 1 aromatic heterocycles. The van der Waals surface area contributed by atoms with Gasteiger partial charge in [-0.25, -0.2) is 4.39 Å². The van der Waals surface area contributed by atoms with Crippen LogP contribution in [0.3, 0.4) is 0 Å². The molecule has 6 heteroatoms. The Balaban J connectivity index is 1.73. The number of benzene rings is 1. The van der Waals surface area contributed by atoms with Gasteiger partial charge in [-0.1, -0.05) is 29.2 Å². The zero-order valence-electron chi connectivity index (χ0n) is 10.9. The normalized spacial score (nSPS) is 19.2. The zero-order valence-corrected chi connectivity index (χ0v) is 11.7. The van der Waals surface area contributed by atoms with Gasteiger partial charge < -0.3 is 9.84 Å². The van der Waals surface area contributed by atoms with Gasteiger partial charge in [0.05, 0.1) is 6.04 Å². The summed E-state index contributed by atoms with van der Waals surface area (Å²) in [6.45, 7) is 0.978. The lowest BCUT2D eigenvalue weighted by molar-refractivity contribution is 0.296. The highest BCUT2D eigenvalue weighted by molar-refractivity contribution is 6.31. The summed E-state index contributed by atoms with van der Waals surface area (Å²) in [5.41, 5.74) is 0.789. The van der Waals surface area contributed by atoms with Gasteiger partial charge in [0.2, 0.25) is 5.89 Å². The molecule has 1 atom stereocenters. The van der Waals surface area contributed by atoms with E-state index in [2.05, 4.69) is 15.5 Å². The Labute approximate surface area is 121 Å². The molecule has 0 radical (unpaired) electrons. The zero-order chi connectivity index (χ0) is 13.9. The molecule has 20 heavy (non-hydrogen) atoms. The molecule has 1 aliphatic rings. The third kappa shape index (κ3) is 2.99. The lowest BCUT2D eigenvalue weighted by Gasteiger charge is -2.19. The SMILES string of the molecule is Fc1ccc(Cc2noc(C3CCCCN3)n2)c(Cl)c1. The molecule has 0 saturated carbocycles. The number of aromatic nitrogens is 2. The van der Waals surface area contributed by atoms with Crippen molar-refractivity contribution in [1.82, 2.24) is 15.5 Å². The van der Waals surface area contributed by atoms with Crippen LogP contribution in [0.25, 0.3) is 0 Å². The molecule has 0 amide bonds. The molecule has 1 aliphatic heterocycles. The van der Waals surface area contributed by atoms with Gasteiger partial charge in [0.25, 0.3) is 0 Å². The average molecular weight is 296 g/mol. The number of rotatable bonds is 3. The van der Waals surface area contributed by atoms with Crippen molar-refractivity contribution in [3.8, 4) is 0 Å². The van der Waals surface area contributed by atoms with Gasteiger partial charge in [-0.2, -0.15) is 4.98 Å². The van der Waals surface area contributed by atoms with Gasteiger partial charge in [0.15, 0.2) is 5.82 Å². The average Bonchev–Trinajstić information content (AvgIpc) is 2.92. The van der Waals surface area contributed by atoms with Crippen molar-refractivity contribution in [3.05, 3.63) is 46.3 Å². The Bertz CT molecular complexity index is 596. The molecule has 0 bridgehead atoms. The van der Waals surface area contributed by atoms with Crippen LogP contribution in [-0.2, 0) is 6.42 Å².